The highest BCUT2D eigenvalue weighted by Gasteiger charge is 2.42. The molecule has 1 amide bonds. The number of carbonyl (C=O) groups excluding carboxylic acids is 1. The summed E-state index contributed by atoms with van der Waals surface area (Å²) >= 11 is 5.70. The second-order valence-electron chi connectivity index (χ2n) is 7.10. The van der Waals surface area contributed by atoms with Gasteiger partial charge in [-0.25, -0.2) is 0 Å². The maximum atomic E-state index is 12.8. The number of hydrogen-bond donors (Lipinski definition) is 1. The Morgan fingerprint density at radius 3 is 2.62 bits per heavy atom. The van der Waals surface area contributed by atoms with Gasteiger partial charge in [0.05, 0.1) is 10.7 Å². The molecule has 24 heavy (non-hydrogen) atoms. The summed E-state index contributed by atoms with van der Waals surface area (Å²) in [4.78, 5) is 12.2. The van der Waals surface area contributed by atoms with Crippen LogP contribution in [0.1, 0.15) is 44.0 Å². The van der Waals surface area contributed by atoms with Crippen molar-refractivity contribution in [2.24, 2.45) is 17.8 Å². The zero-order chi connectivity index (χ0) is 17.6. The van der Waals surface area contributed by atoms with Gasteiger partial charge in [-0.15, -0.1) is 0 Å². The fourth-order valence-electron chi connectivity index (χ4n) is 4.31. The first kappa shape index (κ1) is 17.6. The van der Waals surface area contributed by atoms with Gasteiger partial charge in [0.15, 0.2) is 5.69 Å². The standard InChI is InChI=1S/C16H21ClF3N3O/c1-8(12-6-10-3-4-11(12)5-10)21-13(24)7-23-9(2)14(17)15(22-23)16(18,19)20/h8,10-12H,3-7H2,1-2H3,(H,21,24). The van der Waals surface area contributed by atoms with Crippen molar-refractivity contribution in [3.63, 3.8) is 0 Å². The zero-order valence-electron chi connectivity index (χ0n) is 13.7. The highest BCUT2D eigenvalue weighted by molar-refractivity contribution is 6.32. The van der Waals surface area contributed by atoms with Crippen molar-refractivity contribution in [3.8, 4) is 0 Å². The van der Waals surface area contributed by atoms with Gasteiger partial charge in [0.25, 0.3) is 0 Å². The third-order valence-corrected chi connectivity index (χ3v) is 5.97. The minimum Gasteiger partial charge on any atom is -0.352 e. The fourth-order valence-corrected chi connectivity index (χ4v) is 4.55. The van der Waals surface area contributed by atoms with Crippen LogP contribution in [0.5, 0.6) is 0 Å². The quantitative estimate of drug-likeness (QED) is 0.884. The predicted molar refractivity (Wildman–Crippen MR) is 83.5 cm³/mol. The Hall–Kier alpha value is -1.24. The largest absolute Gasteiger partial charge is 0.436 e. The number of carbonyl (C=O) groups is 1. The first-order chi connectivity index (χ1) is 11.2. The number of rotatable bonds is 4. The van der Waals surface area contributed by atoms with Crippen LogP contribution in [0.25, 0.3) is 0 Å². The molecule has 1 N–H and O–H groups in total. The lowest BCUT2D eigenvalue weighted by atomic mass is 9.84. The Morgan fingerprint density at radius 1 is 1.42 bits per heavy atom. The number of alkyl halides is 3. The predicted octanol–water partition coefficient (Wildman–Crippen LogP) is 3.80. The monoisotopic (exact) mass is 363 g/mol. The van der Waals surface area contributed by atoms with E-state index >= 15 is 0 Å². The Balaban J connectivity index is 1.63. The number of nitrogens with zero attached hydrogens (tertiary/aromatic N) is 2. The molecular weight excluding hydrogens is 343 g/mol. The molecule has 0 saturated heterocycles. The molecule has 2 aliphatic rings. The van der Waals surface area contributed by atoms with E-state index < -0.39 is 16.9 Å². The second-order valence-corrected chi connectivity index (χ2v) is 7.48. The van der Waals surface area contributed by atoms with E-state index in [1.54, 1.807) is 0 Å². The van der Waals surface area contributed by atoms with Gasteiger partial charge in [-0.05, 0) is 50.9 Å². The van der Waals surface area contributed by atoms with E-state index in [0.717, 1.165) is 17.0 Å². The third-order valence-electron chi connectivity index (χ3n) is 5.52. The van der Waals surface area contributed by atoms with E-state index in [1.165, 1.54) is 26.2 Å². The number of fused-ring (bicyclic) bond motifs is 2. The first-order valence-corrected chi connectivity index (χ1v) is 8.64. The molecule has 8 heteroatoms. The number of nitrogens with one attached hydrogen (secondary N) is 1. The average molecular weight is 364 g/mol. The molecule has 2 saturated carbocycles. The Kier molecular flexibility index (Phi) is 4.57. The van der Waals surface area contributed by atoms with Crippen LogP contribution in [0.2, 0.25) is 5.02 Å². The third kappa shape index (κ3) is 3.27. The molecule has 0 radical (unpaired) electrons. The van der Waals surface area contributed by atoms with Crippen LogP contribution in [0.3, 0.4) is 0 Å². The van der Waals surface area contributed by atoms with Crippen molar-refractivity contribution >= 4 is 17.5 Å². The first-order valence-electron chi connectivity index (χ1n) is 8.26. The summed E-state index contributed by atoms with van der Waals surface area (Å²) in [5, 5.41) is 5.94. The minimum absolute atomic E-state index is 0.0289. The summed E-state index contributed by atoms with van der Waals surface area (Å²) in [5.41, 5.74) is -0.998. The summed E-state index contributed by atoms with van der Waals surface area (Å²) in [6, 6.07) is 0.0289. The molecule has 2 fully saturated rings. The van der Waals surface area contributed by atoms with Crippen LogP contribution in [0.4, 0.5) is 13.2 Å². The van der Waals surface area contributed by atoms with E-state index in [-0.39, 0.29) is 24.2 Å². The van der Waals surface area contributed by atoms with E-state index in [4.69, 9.17) is 11.6 Å². The van der Waals surface area contributed by atoms with Crippen LogP contribution >= 0.6 is 11.6 Å². The zero-order valence-corrected chi connectivity index (χ0v) is 14.4. The topological polar surface area (TPSA) is 46.9 Å². The van der Waals surface area contributed by atoms with E-state index in [9.17, 15) is 18.0 Å². The van der Waals surface area contributed by atoms with Crippen molar-refractivity contribution in [1.82, 2.24) is 15.1 Å². The highest BCUT2D eigenvalue weighted by atomic mass is 35.5. The van der Waals surface area contributed by atoms with Gasteiger partial charge in [0, 0.05) is 6.04 Å². The maximum Gasteiger partial charge on any atom is 0.436 e. The van der Waals surface area contributed by atoms with Crippen LogP contribution in [0, 0.1) is 24.7 Å². The number of hydrogen-bond acceptors (Lipinski definition) is 2. The van der Waals surface area contributed by atoms with Gasteiger partial charge in [-0.3, -0.25) is 9.48 Å². The Morgan fingerprint density at radius 2 is 2.12 bits per heavy atom. The van der Waals surface area contributed by atoms with Crippen LogP contribution < -0.4 is 5.32 Å². The summed E-state index contributed by atoms with van der Waals surface area (Å²) < 4.78 is 39.5. The van der Waals surface area contributed by atoms with Gasteiger partial charge in [-0.1, -0.05) is 18.0 Å². The lowest BCUT2D eigenvalue weighted by Crippen LogP contribution is -2.41. The SMILES string of the molecule is Cc1c(Cl)c(C(F)(F)F)nn1CC(=O)NC(C)C1CC2CCC1C2. The molecule has 1 heterocycles. The van der Waals surface area contributed by atoms with Crippen molar-refractivity contribution in [3.05, 3.63) is 16.4 Å². The lowest BCUT2D eigenvalue weighted by molar-refractivity contribution is -0.141. The van der Waals surface area contributed by atoms with Crippen LogP contribution in [0.15, 0.2) is 0 Å². The summed E-state index contributed by atoms with van der Waals surface area (Å²) in [6.45, 7) is 3.15. The summed E-state index contributed by atoms with van der Waals surface area (Å²) in [7, 11) is 0. The number of halogens is 4. The van der Waals surface area contributed by atoms with E-state index in [0.29, 0.717) is 11.8 Å². The molecule has 1 aromatic rings. The summed E-state index contributed by atoms with van der Waals surface area (Å²) in [5.74, 6) is 1.59. The molecule has 4 nitrogen and oxygen atoms in total. The van der Waals surface area contributed by atoms with Gasteiger partial charge in [-0.2, -0.15) is 18.3 Å². The molecule has 4 atom stereocenters. The molecule has 1 aromatic heterocycles. The van der Waals surface area contributed by atoms with Crippen LogP contribution in [-0.2, 0) is 17.5 Å². The van der Waals surface area contributed by atoms with Gasteiger partial charge >= 0.3 is 6.18 Å². The normalized spacial score (nSPS) is 27.5. The van der Waals surface area contributed by atoms with Crippen molar-refractivity contribution in [2.45, 2.75) is 58.3 Å². The Labute approximate surface area is 143 Å². The van der Waals surface area contributed by atoms with Crippen molar-refractivity contribution in [1.29, 1.82) is 0 Å². The molecular formula is C16H21ClF3N3O. The van der Waals surface area contributed by atoms with E-state index in [1.807, 2.05) is 6.92 Å². The molecule has 2 aliphatic carbocycles. The maximum absolute atomic E-state index is 12.8. The smallest absolute Gasteiger partial charge is 0.352 e. The van der Waals surface area contributed by atoms with Gasteiger partial charge in [0.2, 0.25) is 5.91 Å². The molecule has 0 aromatic carbocycles. The molecule has 0 aliphatic heterocycles. The molecule has 0 spiro atoms. The van der Waals surface area contributed by atoms with Crippen molar-refractivity contribution in [2.75, 3.05) is 0 Å². The highest BCUT2D eigenvalue weighted by Crippen LogP contribution is 2.49. The number of amides is 1. The molecule has 3 rings (SSSR count). The summed E-state index contributed by atoms with van der Waals surface area (Å²) in [6.07, 6.45) is 0.260. The molecule has 4 unspecified atom stereocenters. The molecule has 134 valence electrons. The fraction of sp³-hybridized carbons (Fsp3) is 0.750. The van der Waals surface area contributed by atoms with Gasteiger partial charge in [0.1, 0.15) is 6.54 Å². The number of aromatic nitrogens is 2. The average Bonchev–Trinajstić information content (AvgIpc) is 3.17. The minimum atomic E-state index is -4.63. The van der Waals surface area contributed by atoms with Gasteiger partial charge < -0.3 is 5.32 Å². The second kappa shape index (κ2) is 6.24. The van der Waals surface area contributed by atoms with Crippen LogP contribution in [-0.4, -0.2) is 21.7 Å². The molecule has 2 bridgehead atoms. The Bertz CT molecular complexity index is 643. The van der Waals surface area contributed by atoms with E-state index in [2.05, 4.69) is 10.4 Å². The lowest BCUT2D eigenvalue weighted by Gasteiger charge is -2.28. The van der Waals surface area contributed by atoms with Crippen molar-refractivity contribution < 1.29 is 18.0 Å².